The summed E-state index contributed by atoms with van der Waals surface area (Å²) in [6.07, 6.45) is 0.541. The lowest BCUT2D eigenvalue weighted by molar-refractivity contribution is 1.01. The van der Waals surface area contributed by atoms with Crippen LogP contribution in [0.5, 0.6) is 0 Å². The number of hydrogen-bond donors (Lipinski definition) is 2. The first-order chi connectivity index (χ1) is 11.5. The zero-order valence-electron chi connectivity index (χ0n) is 13.7. The van der Waals surface area contributed by atoms with Crippen LogP contribution < -0.4 is 10.5 Å². The molecule has 0 aliphatic rings. The fourth-order valence-corrected chi connectivity index (χ4v) is 2.84. The number of benzene rings is 2. The summed E-state index contributed by atoms with van der Waals surface area (Å²) in [6.45, 7) is 0. The standard InChI is InChI=1S/C19H19N3OS/c1-22(2)15-10-8-13(9-11-15)12-16-17(14-6-4-3-5-7-14)20-19(24)21-18(16)23/h3-11H,12H2,1-2H3,(H2,20,21,23,24). The van der Waals surface area contributed by atoms with Gasteiger partial charge in [-0.25, -0.2) is 0 Å². The lowest BCUT2D eigenvalue weighted by Crippen LogP contribution is -2.16. The Bertz CT molecular complexity index is 941. The smallest absolute Gasteiger partial charge is 0.255 e. The minimum absolute atomic E-state index is 0.144. The Morgan fingerprint density at radius 1 is 0.958 bits per heavy atom. The summed E-state index contributed by atoms with van der Waals surface area (Å²) >= 11 is 5.14. The number of H-pyrrole nitrogens is 2. The van der Waals surface area contributed by atoms with Crippen LogP contribution in [0.15, 0.2) is 59.4 Å². The van der Waals surface area contributed by atoms with Crippen molar-refractivity contribution < 1.29 is 0 Å². The Labute approximate surface area is 145 Å². The third-order valence-corrected chi connectivity index (χ3v) is 4.14. The van der Waals surface area contributed by atoms with Gasteiger partial charge in [-0.2, -0.15) is 0 Å². The van der Waals surface area contributed by atoms with Gasteiger partial charge >= 0.3 is 0 Å². The van der Waals surface area contributed by atoms with Gasteiger partial charge in [0.05, 0.1) is 5.69 Å². The molecule has 1 heterocycles. The van der Waals surface area contributed by atoms with E-state index in [1.54, 1.807) is 0 Å². The van der Waals surface area contributed by atoms with E-state index in [1.807, 2.05) is 61.5 Å². The van der Waals surface area contributed by atoms with Crippen molar-refractivity contribution >= 4 is 17.9 Å². The van der Waals surface area contributed by atoms with Crippen molar-refractivity contribution in [3.63, 3.8) is 0 Å². The molecule has 0 unspecified atom stereocenters. The topological polar surface area (TPSA) is 51.9 Å². The fraction of sp³-hybridized carbons (Fsp3) is 0.158. The molecule has 0 saturated carbocycles. The molecule has 0 aliphatic carbocycles. The molecule has 0 aliphatic heterocycles. The van der Waals surface area contributed by atoms with E-state index >= 15 is 0 Å². The lowest BCUT2D eigenvalue weighted by atomic mass is 10.0. The van der Waals surface area contributed by atoms with Crippen molar-refractivity contribution in [1.29, 1.82) is 0 Å². The van der Waals surface area contributed by atoms with Crippen molar-refractivity contribution in [3.05, 3.63) is 80.8 Å². The Balaban J connectivity index is 2.04. The molecule has 5 heteroatoms. The summed E-state index contributed by atoms with van der Waals surface area (Å²) in [5.41, 5.74) is 4.48. The summed E-state index contributed by atoms with van der Waals surface area (Å²) in [4.78, 5) is 20.3. The molecule has 4 nitrogen and oxygen atoms in total. The van der Waals surface area contributed by atoms with Crippen LogP contribution in [0.4, 0.5) is 5.69 Å². The van der Waals surface area contributed by atoms with Gasteiger partial charge in [-0.15, -0.1) is 0 Å². The zero-order valence-corrected chi connectivity index (χ0v) is 14.5. The van der Waals surface area contributed by atoms with Crippen LogP contribution in [0.3, 0.4) is 0 Å². The van der Waals surface area contributed by atoms with Gasteiger partial charge in [0, 0.05) is 31.8 Å². The summed E-state index contributed by atoms with van der Waals surface area (Å²) in [5, 5.41) is 0. The molecule has 2 aromatic carbocycles. The molecular weight excluding hydrogens is 318 g/mol. The molecule has 122 valence electrons. The van der Waals surface area contributed by atoms with Gasteiger partial charge < -0.3 is 9.88 Å². The van der Waals surface area contributed by atoms with Crippen molar-refractivity contribution in [2.45, 2.75) is 6.42 Å². The van der Waals surface area contributed by atoms with E-state index in [1.165, 1.54) is 0 Å². The minimum atomic E-state index is -0.144. The molecular formula is C19H19N3OS. The molecule has 0 atom stereocenters. The SMILES string of the molecule is CN(C)c1ccc(Cc2c(-c3ccccc3)[nH]c(=S)[nH]c2=O)cc1. The van der Waals surface area contributed by atoms with Gasteiger partial charge in [0.25, 0.3) is 5.56 Å². The number of anilines is 1. The predicted octanol–water partition coefficient (Wildman–Crippen LogP) is 3.76. The summed E-state index contributed by atoms with van der Waals surface area (Å²) in [6, 6.07) is 18.0. The molecule has 0 saturated heterocycles. The number of hydrogen-bond acceptors (Lipinski definition) is 3. The van der Waals surface area contributed by atoms with E-state index in [-0.39, 0.29) is 5.56 Å². The highest BCUT2D eigenvalue weighted by atomic mass is 32.1. The van der Waals surface area contributed by atoms with Gasteiger partial charge in [-0.3, -0.25) is 9.78 Å². The molecule has 1 aromatic heterocycles. The van der Waals surface area contributed by atoms with E-state index in [0.717, 1.165) is 22.5 Å². The minimum Gasteiger partial charge on any atom is -0.378 e. The van der Waals surface area contributed by atoms with Crippen molar-refractivity contribution in [2.75, 3.05) is 19.0 Å². The molecule has 0 fully saturated rings. The van der Waals surface area contributed by atoms with Gasteiger partial charge in [-0.05, 0) is 35.5 Å². The van der Waals surface area contributed by atoms with Crippen LogP contribution in [0.25, 0.3) is 11.3 Å². The van der Waals surface area contributed by atoms with Gasteiger partial charge in [-0.1, -0.05) is 42.5 Å². The number of rotatable bonds is 4. The van der Waals surface area contributed by atoms with Crippen molar-refractivity contribution in [3.8, 4) is 11.3 Å². The quantitative estimate of drug-likeness (QED) is 0.713. The number of nitrogens with zero attached hydrogens (tertiary/aromatic N) is 1. The van der Waals surface area contributed by atoms with Gasteiger partial charge in [0.15, 0.2) is 4.77 Å². The Morgan fingerprint density at radius 2 is 1.62 bits per heavy atom. The normalized spacial score (nSPS) is 10.6. The fourth-order valence-electron chi connectivity index (χ4n) is 2.65. The van der Waals surface area contributed by atoms with Crippen molar-refractivity contribution in [2.24, 2.45) is 0 Å². The van der Waals surface area contributed by atoms with Crippen LogP contribution in [-0.4, -0.2) is 24.1 Å². The van der Waals surface area contributed by atoms with Gasteiger partial charge in [0.1, 0.15) is 0 Å². The first kappa shape index (κ1) is 16.2. The highest BCUT2D eigenvalue weighted by Crippen LogP contribution is 2.21. The highest BCUT2D eigenvalue weighted by Gasteiger charge is 2.11. The predicted molar refractivity (Wildman–Crippen MR) is 101 cm³/mol. The van der Waals surface area contributed by atoms with Crippen LogP contribution in [0, 0.1) is 4.77 Å². The van der Waals surface area contributed by atoms with Crippen LogP contribution in [-0.2, 0) is 6.42 Å². The first-order valence-corrected chi connectivity index (χ1v) is 8.12. The summed E-state index contributed by atoms with van der Waals surface area (Å²) in [7, 11) is 4.01. The van der Waals surface area contributed by atoms with Crippen molar-refractivity contribution in [1.82, 2.24) is 9.97 Å². The second-order valence-electron chi connectivity index (χ2n) is 5.87. The Kier molecular flexibility index (Phi) is 4.62. The molecule has 0 spiro atoms. The maximum absolute atomic E-state index is 12.5. The second-order valence-corrected chi connectivity index (χ2v) is 6.27. The lowest BCUT2D eigenvalue weighted by Gasteiger charge is -2.13. The Hall–Kier alpha value is -2.66. The zero-order chi connectivity index (χ0) is 17.1. The Morgan fingerprint density at radius 3 is 2.25 bits per heavy atom. The summed E-state index contributed by atoms with van der Waals surface area (Å²) < 4.78 is 0.338. The average Bonchev–Trinajstić information content (AvgIpc) is 2.58. The average molecular weight is 337 g/mol. The first-order valence-electron chi connectivity index (χ1n) is 7.72. The summed E-state index contributed by atoms with van der Waals surface area (Å²) in [5.74, 6) is 0. The molecule has 24 heavy (non-hydrogen) atoms. The molecule has 3 aromatic rings. The van der Waals surface area contributed by atoms with E-state index in [0.29, 0.717) is 16.8 Å². The monoisotopic (exact) mass is 337 g/mol. The number of nitrogens with one attached hydrogen (secondary N) is 2. The number of aromatic amines is 2. The molecule has 0 radical (unpaired) electrons. The van der Waals surface area contributed by atoms with Crippen LogP contribution in [0.1, 0.15) is 11.1 Å². The van der Waals surface area contributed by atoms with E-state index in [9.17, 15) is 4.79 Å². The highest BCUT2D eigenvalue weighted by molar-refractivity contribution is 7.71. The third kappa shape index (κ3) is 3.46. The molecule has 0 amide bonds. The molecule has 0 bridgehead atoms. The van der Waals surface area contributed by atoms with Crippen LogP contribution >= 0.6 is 12.2 Å². The largest absolute Gasteiger partial charge is 0.378 e. The maximum Gasteiger partial charge on any atom is 0.255 e. The molecule has 3 rings (SSSR count). The van der Waals surface area contributed by atoms with E-state index in [2.05, 4.69) is 22.1 Å². The van der Waals surface area contributed by atoms with Gasteiger partial charge in [0.2, 0.25) is 0 Å². The maximum atomic E-state index is 12.5. The van der Waals surface area contributed by atoms with Crippen LogP contribution in [0.2, 0.25) is 0 Å². The number of aromatic nitrogens is 2. The molecule has 2 N–H and O–H groups in total. The van der Waals surface area contributed by atoms with E-state index in [4.69, 9.17) is 12.2 Å². The van der Waals surface area contributed by atoms with E-state index < -0.39 is 0 Å². The third-order valence-electron chi connectivity index (χ3n) is 3.94. The second kappa shape index (κ2) is 6.84.